The number of anilines is 1. The van der Waals surface area contributed by atoms with Crippen LogP contribution in [0.15, 0.2) is 36.4 Å². The Labute approximate surface area is 121 Å². The van der Waals surface area contributed by atoms with Crippen molar-refractivity contribution in [3.63, 3.8) is 0 Å². The Morgan fingerprint density at radius 1 is 1.26 bits per heavy atom. The van der Waals surface area contributed by atoms with Gasteiger partial charge in [-0.05, 0) is 55.8 Å². The van der Waals surface area contributed by atoms with Gasteiger partial charge in [-0.1, -0.05) is 11.6 Å². The SMILES string of the molecule is Cc1ccc(/C=C/C(=O)Nc2ccc(Cl)cc2C)s1. The number of benzene rings is 1. The average Bonchev–Trinajstić information content (AvgIpc) is 2.76. The molecule has 4 heteroatoms. The third-order valence-electron chi connectivity index (χ3n) is 2.61. The van der Waals surface area contributed by atoms with E-state index in [-0.39, 0.29) is 5.91 Å². The molecule has 1 aromatic heterocycles. The zero-order valence-corrected chi connectivity index (χ0v) is 12.3. The number of hydrogen-bond acceptors (Lipinski definition) is 2. The summed E-state index contributed by atoms with van der Waals surface area (Å²) in [6.07, 6.45) is 3.36. The molecule has 0 fully saturated rings. The second-order valence-corrected chi connectivity index (χ2v) is 5.99. The summed E-state index contributed by atoms with van der Waals surface area (Å²) in [5.41, 5.74) is 1.72. The van der Waals surface area contributed by atoms with Gasteiger partial charge in [0.25, 0.3) is 0 Å². The van der Waals surface area contributed by atoms with Crippen molar-refractivity contribution in [2.24, 2.45) is 0 Å². The third kappa shape index (κ3) is 3.94. The molecule has 98 valence electrons. The van der Waals surface area contributed by atoms with E-state index < -0.39 is 0 Å². The van der Waals surface area contributed by atoms with Gasteiger partial charge in [0, 0.05) is 26.5 Å². The van der Waals surface area contributed by atoms with Crippen molar-refractivity contribution < 1.29 is 4.79 Å². The minimum absolute atomic E-state index is 0.142. The van der Waals surface area contributed by atoms with Crippen molar-refractivity contribution in [3.8, 4) is 0 Å². The smallest absolute Gasteiger partial charge is 0.248 e. The van der Waals surface area contributed by atoms with Gasteiger partial charge in [0.1, 0.15) is 0 Å². The molecule has 0 bridgehead atoms. The monoisotopic (exact) mass is 291 g/mol. The number of hydrogen-bond donors (Lipinski definition) is 1. The molecule has 2 rings (SSSR count). The molecule has 1 N–H and O–H groups in total. The van der Waals surface area contributed by atoms with E-state index in [1.807, 2.05) is 38.1 Å². The van der Waals surface area contributed by atoms with Crippen LogP contribution < -0.4 is 5.32 Å². The highest BCUT2D eigenvalue weighted by Crippen LogP contribution is 2.20. The fourth-order valence-electron chi connectivity index (χ4n) is 1.64. The zero-order valence-electron chi connectivity index (χ0n) is 10.7. The van der Waals surface area contributed by atoms with E-state index in [4.69, 9.17) is 11.6 Å². The molecule has 0 radical (unpaired) electrons. The number of aryl methyl sites for hydroxylation is 2. The van der Waals surface area contributed by atoms with E-state index in [9.17, 15) is 4.79 Å². The van der Waals surface area contributed by atoms with Gasteiger partial charge in [0.05, 0.1) is 0 Å². The van der Waals surface area contributed by atoms with E-state index in [0.717, 1.165) is 16.1 Å². The molecule has 19 heavy (non-hydrogen) atoms. The molecule has 1 amide bonds. The molecule has 0 aliphatic rings. The van der Waals surface area contributed by atoms with Crippen LogP contribution in [-0.4, -0.2) is 5.91 Å². The molecule has 1 aromatic carbocycles. The Morgan fingerprint density at radius 3 is 2.68 bits per heavy atom. The fourth-order valence-corrected chi connectivity index (χ4v) is 2.65. The van der Waals surface area contributed by atoms with Crippen molar-refractivity contribution in [3.05, 3.63) is 56.7 Å². The number of carbonyl (C=O) groups excluding carboxylic acids is 1. The molecule has 0 aliphatic heterocycles. The van der Waals surface area contributed by atoms with Crippen molar-refractivity contribution >= 4 is 40.6 Å². The maximum atomic E-state index is 11.8. The van der Waals surface area contributed by atoms with E-state index >= 15 is 0 Å². The number of carbonyl (C=O) groups is 1. The predicted molar refractivity (Wildman–Crippen MR) is 82.9 cm³/mol. The Kier molecular flexibility index (Phi) is 4.40. The van der Waals surface area contributed by atoms with Crippen LogP contribution in [0.2, 0.25) is 5.02 Å². The number of nitrogens with one attached hydrogen (secondary N) is 1. The van der Waals surface area contributed by atoms with Crippen LogP contribution in [0.25, 0.3) is 6.08 Å². The number of rotatable bonds is 3. The summed E-state index contributed by atoms with van der Waals surface area (Å²) in [6.45, 7) is 3.95. The van der Waals surface area contributed by atoms with Crippen LogP contribution in [0.4, 0.5) is 5.69 Å². The zero-order chi connectivity index (χ0) is 13.8. The maximum Gasteiger partial charge on any atom is 0.248 e. The molecular formula is C15H14ClNOS. The normalized spacial score (nSPS) is 10.9. The standard InChI is InChI=1S/C15H14ClNOS/c1-10-9-12(16)4-7-14(10)17-15(18)8-6-13-5-3-11(2)19-13/h3-9H,1-2H3,(H,17,18)/b8-6+. The summed E-state index contributed by atoms with van der Waals surface area (Å²) < 4.78 is 0. The number of amides is 1. The van der Waals surface area contributed by atoms with Crippen molar-refractivity contribution in [1.82, 2.24) is 0 Å². The highest BCUT2D eigenvalue weighted by Gasteiger charge is 2.02. The lowest BCUT2D eigenvalue weighted by atomic mass is 10.2. The first-order valence-corrected chi connectivity index (χ1v) is 7.06. The van der Waals surface area contributed by atoms with E-state index in [1.165, 1.54) is 4.88 Å². The lowest BCUT2D eigenvalue weighted by molar-refractivity contribution is -0.111. The summed E-state index contributed by atoms with van der Waals surface area (Å²) >= 11 is 7.53. The van der Waals surface area contributed by atoms with Gasteiger partial charge in [0.2, 0.25) is 5.91 Å². The second-order valence-electron chi connectivity index (χ2n) is 4.23. The minimum Gasteiger partial charge on any atom is -0.322 e. The van der Waals surface area contributed by atoms with Gasteiger partial charge in [-0.2, -0.15) is 0 Å². The van der Waals surface area contributed by atoms with E-state index in [1.54, 1.807) is 29.5 Å². The molecule has 2 nitrogen and oxygen atoms in total. The summed E-state index contributed by atoms with van der Waals surface area (Å²) in [5.74, 6) is -0.142. The van der Waals surface area contributed by atoms with Crippen LogP contribution in [0.5, 0.6) is 0 Å². The van der Waals surface area contributed by atoms with Crippen molar-refractivity contribution in [2.75, 3.05) is 5.32 Å². The molecule has 2 aromatic rings. The lowest BCUT2D eigenvalue weighted by Gasteiger charge is -2.06. The first kappa shape index (κ1) is 13.8. The molecule has 1 heterocycles. The molecule has 0 saturated heterocycles. The Bertz CT molecular complexity index is 631. The molecule has 0 saturated carbocycles. The summed E-state index contributed by atoms with van der Waals surface area (Å²) in [4.78, 5) is 14.1. The topological polar surface area (TPSA) is 29.1 Å². The van der Waals surface area contributed by atoms with Gasteiger partial charge in [-0.3, -0.25) is 4.79 Å². The van der Waals surface area contributed by atoms with Crippen molar-refractivity contribution in [2.45, 2.75) is 13.8 Å². The Balaban J connectivity index is 2.03. The van der Waals surface area contributed by atoms with Gasteiger partial charge in [-0.15, -0.1) is 11.3 Å². The number of halogens is 1. The third-order valence-corrected chi connectivity index (χ3v) is 3.81. The van der Waals surface area contributed by atoms with E-state index in [2.05, 4.69) is 5.32 Å². The molecule has 0 unspecified atom stereocenters. The molecule has 0 spiro atoms. The van der Waals surface area contributed by atoms with Crippen LogP contribution in [0, 0.1) is 13.8 Å². The van der Waals surface area contributed by atoms with Crippen LogP contribution >= 0.6 is 22.9 Å². The van der Waals surface area contributed by atoms with Gasteiger partial charge in [-0.25, -0.2) is 0 Å². The van der Waals surface area contributed by atoms with Gasteiger partial charge in [0.15, 0.2) is 0 Å². The quantitative estimate of drug-likeness (QED) is 0.818. The largest absolute Gasteiger partial charge is 0.322 e. The van der Waals surface area contributed by atoms with E-state index in [0.29, 0.717) is 5.02 Å². The lowest BCUT2D eigenvalue weighted by Crippen LogP contribution is -2.08. The maximum absolute atomic E-state index is 11.8. The first-order chi connectivity index (χ1) is 9.04. The summed E-state index contributed by atoms with van der Waals surface area (Å²) in [7, 11) is 0. The van der Waals surface area contributed by atoms with Crippen LogP contribution in [-0.2, 0) is 4.79 Å². The van der Waals surface area contributed by atoms with Gasteiger partial charge >= 0.3 is 0 Å². The summed E-state index contributed by atoms with van der Waals surface area (Å²) in [6, 6.07) is 9.42. The Hall–Kier alpha value is -1.58. The molecule has 0 aliphatic carbocycles. The fraction of sp³-hybridized carbons (Fsp3) is 0.133. The highest BCUT2D eigenvalue weighted by atomic mass is 35.5. The average molecular weight is 292 g/mol. The molecule has 0 atom stereocenters. The predicted octanol–water partition coefficient (Wildman–Crippen LogP) is 4.67. The second kappa shape index (κ2) is 6.04. The van der Waals surface area contributed by atoms with Crippen molar-refractivity contribution in [1.29, 1.82) is 0 Å². The summed E-state index contributed by atoms with van der Waals surface area (Å²) in [5, 5.41) is 3.50. The minimum atomic E-state index is -0.142. The molecular weight excluding hydrogens is 278 g/mol. The van der Waals surface area contributed by atoms with Gasteiger partial charge < -0.3 is 5.32 Å². The van der Waals surface area contributed by atoms with Crippen LogP contribution in [0.1, 0.15) is 15.3 Å². The van der Waals surface area contributed by atoms with Crippen LogP contribution in [0.3, 0.4) is 0 Å². The first-order valence-electron chi connectivity index (χ1n) is 5.86. The number of thiophene rings is 1. The Morgan fingerprint density at radius 2 is 2.05 bits per heavy atom. The highest BCUT2D eigenvalue weighted by molar-refractivity contribution is 7.12.